The molecule has 0 amide bonds. The van der Waals surface area contributed by atoms with Crippen molar-refractivity contribution in [1.82, 2.24) is 20.2 Å². The van der Waals surface area contributed by atoms with E-state index in [-0.39, 0.29) is 17.9 Å². The molecule has 2 rings (SSSR count). The molecule has 0 fully saturated rings. The zero-order valence-corrected chi connectivity index (χ0v) is 11.9. The minimum Gasteiger partial charge on any atom is -0.481 e. The predicted molar refractivity (Wildman–Crippen MR) is 71.9 cm³/mol. The van der Waals surface area contributed by atoms with Crippen molar-refractivity contribution in [3.8, 4) is 11.4 Å². The van der Waals surface area contributed by atoms with Crippen molar-refractivity contribution in [1.29, 1.82) is 0 Å². The average Bonchev–Trinajstić information content (AvgIpc) is 2.94. The SMILES string of the molecule is CC(C)(C)C(CC(=O)O)n1nnnc1-c1ccsc1. The van der Waals surface area contributed by atoms with Gasteiger partial charge >= 0.3 is 5.97 Å². The van der Waals surface area contributed by atoms with Crippen molar-refractivity contribution < 1.29 is 9.90 Å². The number of hydrogen-bond acceptors (Lipinski definition) is 5. The first-order valence-electron chi connectivity index (χ1n) is 5.92. The normalized spacial score (nSPS) is 13.4. The van der Waals surface area contributed by atoms with Crippen LogP contribution < -0.4 is 0 Å². The molecule has 1 unspecified atom stereocenters. The Morgan fingerprint density at radius 1 is 1.53 bits per heavy atom. The van der Waals surface area contributed by atoms with Gasteiger partial charge in [0.15, 0.2) is 5.82 Å². The zero-order chi connectivity index (χ0) is 14.0. The molecule has 7 heteroatoms. The molecule has 0 saturated carbocycles. The summed E-state index contributed by atoms with van der Waals surface area (Å²) in [5.74, 6) is -0.242. The minimum atomic E-state index is -0.855. The van der Waals surface area contributed by atoms with Gasteiger partial charge in [-0.25, -0.2) is 4.68 Å². The Hall–Kier alpha value is -1.76. The first kappa shape index (κ1) is 13.7. The minimum absolute atomic E-state index is 0.00826. The van der Waals surface area contributed by atoms with Crippen LogP contribution in [0.15, 0.2) is 16.8 Å². The predicted octanol–water partition coefficient (Wildman–Crippen LogP) is 2.46. The summed E-state index contributed by atoms with van der Waals surface area (Å²) in [6, 6.07) is 1.63. The van der Waals surface area contributed by atoms with E-state index >= 15 is 0 Å². The zero-order valence-electron chi connectivity index (χ0n) is 11.1. The summed E-state index contributed by atoms with van der Waals surface area (Å²) in [6.07, 6.45) is -0.00826. The van der Waals surface area contributed by atoms with E-state index in [2.05, 4.69) is 15.5 Å². The fourth-order valence-corrected chi connectivity index (χ4v) is 2.54. The molecule has 0 aliphatic heterocycles. The maximum Gasteiger partial charge on any atom is 0.305 e. The second-order valence-electron chi connectivity index (χ2n) is 5.44. The number of thiophene rings is 1. The van der Waals surface area contributed by atoms with E-state index in [9.17, 15) is 4.79 Å². The quantitative estimate of drug-likeness (QED) is 0.930. The van der Waals surface area contributed by atoms with Crippen LogP contribution in [-0.4, -0.2) is 31.3 Å². The van der Waals surface area contributed by atoms with Crippen molar-refractivity contribution in [2.75, 3.05) is 0 Å². The molecule has 1 N–H and O–H groups in total. The average molecular weight is 280 g/mol. The number of carbonyl (C=O) groups is 1. The Balaban J connectivity index is 2.43. The maximum absolute atomic E-state index is 11.1. The van der Waals surface area contributed by atoms with E-state index in [0.29, 0.717) is 5.82 Å². The largest absolute Gasteiger partial charge is 0.481 e. The molecule has 0 spiro atoms. The molecule has 2 aromatic heterocycles. The van der Waals surface area contributed by atoms with Crippen LogP contribution >= 0.6 is 11.3 Å². The molecule has 0 aliphatic carbocycles. The highest BCUT2D eigenvalue weighted by molar-refractivity contribution is 7.08. The van der Waals surface area contributed by atoms with E-state index in [0.717, 1.165) is 5.56 Å². The van der Waals surface area contributed by atoms with E-state index < -0.39 is 5.97 Å². The molecule has 102 valence electrons. The lowest BCUT2D eigenvalue weighted by Gasteiger charge is -2.29. The number of aromatic nitrogens is 4. The highest BCUT2D eigenvalue weighted by atomic mass is 32.1. The number of aliphatic carboxylic acids is 1. The summed E-state index contributed by atoms with van der Waals surface area (Å²) in [5.41, 5.74) is 0.660. The highest BCUT2D eigenvalue weighted by Crippen LogP contribution is 2.35. The number of rotatable bonds is 4. The van der Waals surface area contributed by atoms with Crippen LogP contribution in [0.3, 0.4) is 0 Å². The third-order valence-electron chi connectivity index (χ3n) is 2.94. The summed E-state index contributed by atoms with van der Waals surface area (Å²) in [6.45, 7) is 5.96. The standard InChI is InChI=1S/C12H16N4O2S/c1-12(2,3)9(6-10(17)18)16-11(13-14-15-16)8-4-5-19-7-8/h4-5,7,9H,6H2,1-3H3,(H,17,18). The van der Waals surface area contributed by atoms with Crippen LogP contribution in [0, 0.1) is 5.41 Å². The Morgan fingerprint density at radius 2 is 2.26 bits per heavy atom. The van der Waals surface area contributed by atoms with Gasteiger partial charge in [0.05, 0.1) is 12.5 Å². The molecule has 2 aromatic rings. The molecule has 2 heterocycles. The smallest absolute Gasteiger partial charge is 0.305 e. The van der Waals surface area contributed by atoms with Gasteiger partial charge in [0.2, 0.25) is 0 Å². The van der Waals surface area contributed by atoms with Gasteiger partial charge in [-0.3, -0.25) is 4.79 Å². The van der Waals surface area contributed by atoms with Crippen molar-refractivity contribution in [2.24, 2.45) is 5.41 Å². The van der Waals surface area contributed by atoms with E-state index in [1.807, 2.05) is 37.6 Å². The van der Waals surface area contributed by atoms with Gasteiger partial charge in [0.1, 0.15) is 0 Å². The number of nitrogens with zero attached hydrogens (tertiary/aromatic N) is 4. The lowest BCUT2D eigenvalue weighted by molar-refractivity contribution is -0.138. The van der Waals surface area contributed by atoms with Gasteiger partial charge in [0, 0.05) is 10.9 Å². The van der Waals surface area contributed by atoms with Crippen LogP contribution in [0.4, 0.5) is 0 Å². The lowest BCUT2D eigenvalue weighted by atomic mass is 9.84. The Labute approximate surface area is 115 Å². The summed E-state index contributed by atoms with van der Waals surface area (Å²) >= 11 is 1.55. The molecule has 6 nitrogen and oxygen atoms in total. The van der Waals surface area contributed by atoms with E-state index in [1.54, 1.807) is 16.0 Å². The summed E-state index contributed by atoms with van der Waals surface area (Å²) < 4.78 is 1.62. The van der Waals surface area contributed by atoms with Gasteiger partial charge < -0.3 is 5.11 Å². The third kappa shape index (κ3) is 2.98. The fraction of sp³-hybridized carbons (Fsp3) is 0.500. The molecule has 1 atom stereocenters. The lowest BCUT2D eigenvalue weighted by Crippen LogP contribution is -2.28. The molecule has 0 aromatic carbocycles. The van der Waals surface area contributed by atoms with Crippen LogP contribution in [0.25, 0.3) is 11.4 Å². The number of hydrogen-bond donors (Lipinski definition) is 1. The molecular formula is C12H16N4O2S. The molecule has 0 radical (unpaired) electrons. The fourth-order valence-electron chi connectivity index (χ4n) is 1.91. The number of carboxylic acid groups (broad SMARTS) is 1. The second kappa shape index (κ2) is 5.08. The first-order chi connectivity index (χ1) is 8.89. The monoisotopic (exact) mass is 280 g/mol. The molecule has 0 saturated heterocycles. The summed E-state index contributed by atoms with van der Waals surface area (Å²) in [7, 11) is 0. The van der Waals surface area contributed by atoms with Crippen LogP contribution in [0.5, 0.6) is 0 Å². The van der Waals surface area contributed by atoms with E-state index in [4.69, 9.17) is 5.11 Å². The van der Waals surface area contributed by atoms with Crippen LogP contribution in [0.1, 0.15) is 33.2 Å². The van der Waals surface area contributed by atoms with Gasteiger partial charge in [-0.15, -0.1) is 5.10 Å². The van der Waals surface area contributed by atoms with Gasteiger partial charge in [-0.2, -0.15) is 11.3 Å². The first-order valence-corrected chi connectivity index (χ1v) is 6.86. The summed E-state index contributed by atoms with van der Waals surface area (Å²) in [4.78, 5) is 11.1. The topological polar surface area (TPSA) is 80.9 Å². The molecule has 0 bridgehead atoms. The summed E-state index contributed by atoms with van der Waals surface area (Å²) in [5, 5.41) is 24.7. The number of tetrazole rings is 1. The highest BCUT2D eigenvalue weighted by Gasteiger charge is 2.32. The molecule has 19 heavy (non-hydrogen) atoms. The van der Waals surface area contributed by atoms with Crippen LogP contribution in [-0.2, 0) is 4.79 Å². The van der Waals surface area contributed by atoms with Crippen molar-refractivity contribution in [3.63, 3.8) is 0 Å². The van der Waals surface area contributed by atoms with Gasteiger partial charge in [-0.1, -0.05) is 20.8 Å². The number of carboxylic acids is 1. The van der Waals surface area contributed by atoms with Crippen LogP contribution in [0.2, 0.25) is 0 Å². The van der Waals surface area contributed by atoms with Gasteiger partial charge in [0.25, 0.3) is 0 Å². The molecular weight excluding hydrogens is 264 g/mol. The second-order valence-corrected chi connectivity index (χ2v) is 6.22. The van der Waals surface area contributed by atoms with Crippen molar-refractivity contribution >= 4 is 17.3 Å². The Bertz CT molecular complexity index is 557. The third-order valence-corrected chi connectivity index (χ3v) is 3.62. The molecule has 0 aliphatic rings. The Kier molecular flexibility index (Phi) is 3.66. The van der Waals surface area contributed by atoms with Gasteiger partial charge in [-0.05, 0) is 27.3 Å². The van der Waals surface area contributed by atoms with E-state index in [1.165, 1.54) is 0 Å². The Morgan fingerprint density at radius 3 is 2.79 bits per heavy atom. The van der Waals surface area contributed by atoms with Crippen molar-refractivity contribution in [3.05, 3.63) is 16.8 Å². The maximum atomic E-state index is 11.1. The van der Waals surface area contributed by atoms with Crippen molar-refractivity contribution in [2.45, 2.75) is 33.2 Å².